The predicted octanol–water partition coefficient (Wildman–Crippen LogP) is 4.79. The summed E-state index contributed by atoms with van der Waals surface area (Å²) < 4.78 is 0. The molecule has 0 spiro atoms. The number of benzene rings is 2. The van der Waals surface area contributed by atoms with E-state index in [-0.39, 0.29) is 0 Å². The van der Waals surface area contributed by atoms with E-state index in [9.17, 15) is 4.79 Å². The van der Waals surface area contributed by atoms with Crippen LogP contribution in [0.25, 0.3) is 16.2 Å². The summed E-state index contributed by atoms with van der Waals surface area (Å²) in [5.41, 5.74) is 2.79. The second-order valence-electron chi connectivity index (χ2n) is 3.71. The molecule has 0 saturated carbocycles. The lowest BCUT2D eigenvalue weighted by molar-refractivity contribution is -0.104. The molecule has 0 aromatic heterocycles. The Kier molecular flexibility index (Phi) is 4.19. The first kappa shape index (κ1) is 12.9. The summed E-state index contributed by atoms with van der Waals surface area (Å²) >= 11 is 12.1. The van der Waals surface area contributed by atoms with Crippen LogP contribution in [-0.4, -0.2) is 6.29 Å². The molecule has 2 rings (SSSR count). The molecule has 0 aliphatic rings. The van der Waals surface area contributed by atoms with E-state index in [2.05, 4.69) is 0 Å². The molecule has 0 saturated heterocycles. The summed E-state index contributed by atoms with van der Waals surface area (Å²) in [5.74, 6) is 0. The third-order valence-corrected chi connectivity index (χ3v) is 3.23. The Balaban J connectivity index is 2.37. The highest BCUT2D eigenvalue weighted by Crippen LogP contribution is 2.29. The van der Waals surface area contributed by atoms with Gasteiger partial charge in [-0.05, 0) is 23.3 Å². The second kappa shape index (κ2) is 5.85. The molecule has 0 aliphatic heterocycles. The van der Waals surface area contributed by atoms with E-state index >= 15 is 0 Å². The number of hydrogen-bond donors (Lipinski definition) is 0. The van der Waals surface area contributed by atoms with E-state index < -0.39 is 0 Å². The minimum Gasteiger partial charge on any atom is -0.299 e. The first-order valence-corrected chi connectivity index (χ1v) is 6.14. The molecule has 1 nitrogen and oxygen atoms in total. The third kappa shape index (κ3) is 2.81. The van der Waals surface area contributed by atoms with E-state index in [4.69, 9.17) is 23.2 Å². The zero-order valence-corrected chi connectivity index (χ0v) is 10.9. The Labute approximate surface area is 116 Å². The molecule has 0 heterocycles. The van der Waals surface area contributed by atoms with Crippen LogP contribution in [0.15, 0.2) is 54.6 Å². The average molecular weight is 277 g/mol. The largest absolute Gasteiger partial charge is 0.299 e. The maximum atomic E-state index is 10.3. The van der Waals surface area contributed by atoms with Gasteiger partial charge in [0.25, 0.3) is 0 Å². The first-order chi connectivity index (χ1) is 8.72. The van der Waals surface area contributed by atoms with E-state index in [1.807, 2.05) is 48.5 Å². The second-order valence-corrected chi connectivity index (χ2v) is 4.52. The quantitative estimate of drug-likeness (QED) is 0.582. The van der Waals surface area contributed by atoms with Crippen LogP contribution in [0.3, 0.4) is 0 Å². The highest BCUT2D eigenvalue weighted by atomic mass is 35.5. The van der Waals surface area contributed by atoms with Gasteiger partial charge < -0.3 is 0 Å². The summed E-state index contributed by atoms with van der Waals surface area (Å²) in [6, 6.07) is 15.2. The molecule has 0 N–H and O–H groups in total. The Bertz CT molecular complexity index is 586. The van der Waals surface area contributed by atoms with Crippen LogP contribution in [0.1, 0.15) is 5.56 Å². The van der Waals surface area contributed by atoms with Crippen molar-refractivity contribution in [3.63, 3.8) is 0 Å². The minimum absolute atomic E-state index is 0.427. The number of carbonyl (C=O) groups excluding carboxylic acids is 1. The van der Waals surface area contributed by atoms with Gasteiger partial charge in [-0.3, -0.25) is 4.79 Å². The first-order valence-electron chi connectivity index (χ1n) is 5.38. The molecule has 90 valence electrons. The molecule has 0 fully saturated rings. The van der Waals surface area contributed by atoms with Gasteiger partial charge in [-0.1, -0.05) is 65.7 Å². The number of halogens is 2. The highest BCUT2D eigenvalue weighted by molar-refractivity contribution is 6.49. The molecule has 0 amide bonds. The van der Waals surface area contributed by atoms with Crippen molar-refractivity contribution in [3.8, 4) is 11.1 Å². The fourth-order valence-corrected chi connectivity index (χ4v) is 2.08. The zero-order chi connectivity index (χ0) is 13.0. The van der Waals surface area contributed by atoms with Gasteiger partial charge in [0.2, 0.25) is 0 Å². The monoisotopic (exact) mass is 276 g/mol. The standard InChI is InChI=1S/C15H10Cl2O/c16-14(9-10-18)12-7-5-11(6-8-12)13-3-1-2-4-15(13)17/h1-10H. The lowest BCUT2D eigenvalue weighted by atomic mass is 10.0. The van der Waals surface area contributed by atoms with Crippen molar-refractivity contribution >= 4 is 34.5 Å². The fourth-order valence-electron chi connectivity index (χ4n) is 1.66. The van der Waals surface area contributed by atoms with Gasteiger partial charge in [0.05, 0.1) is 5.03 Å². The van der Waals surface area contributed by atoms with E-state index in [1.54, 1.807) is 0 Å². The lowest BCUT2D eigenvalue weighted by Crippen LogP contribution is -1.82. The molecule has 0 bridgehead atoms. The Morgan fingerprint density at radius 2 is 1.67 bits per heavy atom. The van der Waals surface area contributed by atoms with Crippen LogP contribution in [0.2, 0.25) is 5.02 Å². The minimum atomic E-state index is 0.427. The van der Waals surface area contributed by atoms with Crippen molar-refractivity contribution in [1.82, 2.24) is 0 Å². The summed E-state index contributed by atoms with van der Waals surface area (Å²) in [7, 11) is 0. The smallest absolute Gasteiger partial charge is 0.144 e. The number of aldehydes is 1. The molecule has 0 aliphatic carbocycles. The molecule has 18 heavy (non-hydrogen) atoms. The SMILES string of the molecule is O=CC=C(Cl)c1ccc(-c2ccccc2Cl)cc1. The number of hydrogen-bond acceptors (Lipinski definition) is 1. The summed E-state index contributed by atoms with van der Waals surface area (Å²) in [6.45, 7) is 0. The highest BCUT2D eigenvalue weighted by Gasteiger charge is 2.03. The zero-order valence-electron chi connectivity index (χ0n) is 9.44. The van der Waals surface area contributed by atoms with Gasteiger partial charge in [-0.15, -0.1) is 0 Å². The molecule has 0 atom stereocenters. The van der Waals surface area contributed by atoms with E-state index in [0.29, 0.717) is 16.3 Å². The Hall–Kier alpha value is -1.57. The molecular formula is C15H10Cl2O. The van der Waals surface area contributed by atoms with Crippen LogP contribution in [0, 0.1) is 0 Å². The van der Waals surface area contributed by atoms with Gasteiger partial charge in [0.1, 0.15) is 6.29 Å². The van der Waals surface area contributed by atoms with Gasteiger partial charge in [-0.2, -0.15) is 0 Å². The van der Waals surface area contributed by atoms with Crippen LogP contribution >= 0.6 is 23.2 Å². The maximum absolute atomic E-state index is 10.3. The van der Waals surface area contributed by atoms with Crippen LogP contribution in [-0.2, 0) is 4.79 Å². The normalized spacial score (nSPS) is 11.3. The summed E-state index contributed by atoms with van der Waals surface area (Å²) in [4.78, 5) is 10.3. The van der Waals surface area contributed by atoms with Crippen LogP contribution in [0.4, 0.5) is 0 Å². The summed E-state index contributed by atoms with van der Waals surface area (Å²) in [5, 5.41) is 1.13. The topological polar surface area (TPSA) is 17.1 Å². The molecule has 2 aromatic carbocycles. The number of rotatable bonds is 3. The van der Waals surface area contributed by atoms with E-state index in [1.165, 1.54) is 6.08 Å². The Morgan fingerprint density at radius 1 is 1.00 bits per heavy atom. The van der Waals surface area contributed by atoms with E-state index in [0.717, 1.165) is 16.7 Å². The van der Waals surface area contributed by atoms with Gasteiger partial charge in [-0.25, -0.2) is 0 Å². The lowest BCUT2D eigenvalue weighted by Gasteiger charge is -2.05. The molecule has 0 radical (unpaired) electrons. The molecule has 0 unspecified atom stereocenters. The average Bonchev–Trinajstić information content (AvgIpc) is 2.40. The van der Waals surface area contributed by atoms with Crippen molar-refractivity contribution in [2.75, 3.05) is 0 Å². The van der Waals surface area contributed by atoms with Gasteiger partial charge in [0, 0.05) is 10.6 Å². The van der Waals surface area contributed by atoms with Gasteiger partial charge in [0.15, 0.2) is 0 Å². The van der Waals surface area contributed by atoms with Crippen molar-refractivity contribution in [2.24, 2.45) is 0 Å². The maximum Gasteiger partial charge on any atom is 0.144 e. The van der Waals surface area contributed by atoms with Crippen molar-refractivity contribution in [3.05, 3.63) is 65.2 Å². The van der Waals surface area contributed by atoms with Crippen LogP contribution in [0.5, 0.6) is 0 Å². The van der Waals surface area contributed by atoms with Crippen molar-refractivity contribution < 1.29 is 4.79 Å². The predicted molar refractivity (Wildman–Crippen MR) is 76.8 cm³/mol. The van der Waals surface area contributed by atoms with Crippen LogP contribution < -0.4 is 0 Å². The molecule has 3 heteroatoms. The molecular weight excluding hydrogens is 267 g/mol. The Morgan fingerprint density at radius 3 is 2.28 bits per heavy atom. The number of carbonyl (C=O) groups is 1. The number of allylic oxidation sites excluding steroid dienone is 1. The fraction of sp³-hybridized carbons (Fsp3) is 0. The third-order valence-electron chi connectivity index (χ3n) is 2.56. The van der Waals surface area contributed by atoms with Gasteiger partial charge >= 0.3 is 0 Å². The summed E-state index contributed by atoms with van der Waals surface area (Å²) in [6.07, 6.45) is 2.00. The van der Waals surface area contributed by atoms with Crippen molar-refractivity contribution in [2.45, 2.75) is 0 Å². The van der Waals surface area contributed by atoms with Crippen molar-refractivity contribution in [1.29, 1.82) is 0 Å². The molecule has 2 aromatic rings.